The smallest absolute Gasteiger partial charge is 0.335 e. The molecule has 5 aliphatic rings. The van der Waals surface area contributed by atoms with Gasteiger partial charge in [0, 0.05) is 13.2 Å². The Hall–Kier alpha value is -1.65. The van der Waals surface area contributed by atoms with E-state index in [9.17, 15) is 15.0 Å². The fraction of sp³-hybridized carbons (Fsp3) is 0.757. The fourth-order valence-electron chi connectivity index (χ4n) is 12.4. The Morgan fingerprint density at radius 2 is 1.63 bits per heavy atom. The molecular weight excluding hydrogens is 506 g/mol. The van der Waals surface area contributed by atoms with Crippen LogP contribution in [0.4, 0.5) is 0 Å². The number of aromatic carboxylic acids is 1. The molecule has 5 aliphatic carbocycles. The molecule has 4 heteroatoms. The first-order chi connectivity index (χ1) is 19.4. The molecule has 0 amide bonds. The van der Waals surface area contributed by atoms with Crippen LogP contribution >= 0.6 is 0 Å². The summed E-state index contributed by atoms with van der Waals surface area (Å²) in [5, 5.41) is 22.5. The first-order valence-electron chi connectivity index (χ1n) is 16.8. The number of aliphatic hydroxyl groups excluding tert-OH is 1. The molecule has 3 N–H and O–H groups in total. The highest BCUT2D eigenvalue weighted by Gasteiger charge is 2.69. The third-order valence-electron chi connectivity index (χ3n) is 14.6. The molecule has 0 saturated heterocycles. The number of allylic oxidation sites excluding steroid dienone is 2. The maximum absolute atomic E-state index is 11.5. The van der Waals surface area contributed by atoms with Crippen molar-refractivity contribution in [1.29, 1.82) is 0 Å². The Bertz CT molecular complexity index is 1190. The van der Waals surface area contributed by atoms with Gasteiger partial charge in [-0.3, -0.25) is 0 Å². The van der Waals surface area contributed by atoms with Crippen LogP contribution in [0.15, 0.2) is 30.3 Å². The largest absolute Gasteiger partial charge is 0.478 e. The number of nitrogens with one attached hydrogen (secondary N) is 1. The maximum atomic E-state index is 11.5. The molecule has 8 atom stereocenters. The van der Waals surface area contributed by atoms with Gasteiger partial charge in [-0.05, 0) is 145 Å². The Morgan fingerprint density at radius 3 is 2.34 bits per heavy atom. The summed E-state index contributed by atoms with van der Waals surface area (Å²) >= 11 is 0. The Kier molecular flexibility index (Phi) is 7.33. The number of rotatable bonds is 7. The highest BCUT2D eigenvalue weighted by atomic mass is 16.4. The first-order valence-corrected chi connectivity index (χ1v) is 16.8. The third kappa shape index (κ3) is 4.24. The van der Waals surface area contributed by atoms with Crippen molar-refractivity contribution in [2.75, 3.05) is 19.7 Å². The molecule has 0 radical (unpaired) electrons. The second kappa shape index (κ2) is 10.2. The number of carboxylic acid groups (broad SMARTS) is 1. The van der Waals surface area contributed by atoms with E-state index in [1.165, 1.54) is 68.9 Å². The lowest BCUT2D eigenvalue weighted by atomic mass is 9.32. The van der Waals surface area contributed by atoms with Crippen molar-refractivity contribution in [2.24, 2.45) is 50.7 Å². The van der Waals surface area contributed by atoms with E-state index < -0.39 is 5.97 Å². The predicted octanol–water partition coefficient (Wildman–Crippen LogP) is 8.21. The second-order valence-corrected chi connectivity index (χ2v) is 16.2. The highest BCUT2D eigenvalue weighted by Crippen LogP contribution is 2.77. The van der Waals surface area contributed by atoms with Crippen LogP contribution in [0.2, 0.25) is 0 Å². The predicted molar refractivity (Wildman–Crippen MR) is 167 cm³/mol. The van der Waals surface area contributed by atoms with Crippen LogP contribution in [0.3, 0.4) is 0 Å². The molecular formula is C37H55NO3. The zero-order valence-electron chi connectivity index (χ0n) is 26.4. The van der Waals surface area contributed by atoms with Gasteiger partial charge in [0.05, 0.1) is 5.56 Å². The summed E-state index contributed by atoms with van der Waals surface area (Å²) in [4.78, 5) is 11.5. The minimum Gasteiger partial charge on any atom is -0.478 e. The second-order valence-electron chi connectivity index (χ2n) is 16.2. The molecule has 1 aromatic rings. The van der Waals surface area contributed by atoms with E-state index in [2.05, 4.69) is 46.0 Å². The summed E-state index contributed by atoms with van der Waals surface area (Å²) in [7, 11) is 0. The molecule has 41 heavy (non-hydrogen) atoms. The number of hydrogen-bond acceptors (Lipinski definition) is 3. The van der Waals surface area contributed by atoms with Crippen molar-refractivity contribution in [1.82, 2.24) is 5.32 Å². The number of hydrogen-bond donors (Lipinski definition) is 3. The first kappa shape index (κ1) is 29.4. The SMILES string of the molecule is CC1(C)C(c2ccc(C(=O)O)cc2)=CC[C@@]2(C)C1CC[C@]1(C)C2CC[C@@H]2C3CCC[C@]3(CNCCCO)CC[C@]21C. The van der Waals surface area contributed by atoms with Gasteiger partial charge in [-0.2, -0.15) is 0 Å². The van der Waals surface area contributed by atoms with Crippen molar-refractivity contribution in [3.63, 3.8) is 0 Å². The van der Waals surface area contributed by atoms with E-state index in [1.807, 2.05) is 12.1 Å². The molecule has 1 aromatic carbocycles. The van der Waals surface area contributed by atoms with Crippen molar-refractivity contribution in [2.45, 2.75) is 105 Å². The van der Waals surface area contributed by atoms with E-state index in [0.717, 1.165) is 43.7 Å². The third-order valence-corrected chi connectivity index (χ3v) is 14.6. The maximum Gasteiger partial charge on any atom is 0.335 e. The van der Waals surface area contributed by atoms with Gasteiger partial charge in [0.1, 0.15) is 0 Å². The normalized spacial score (nSPS) is 42.8. The summed E-state index contributed by atoms with van der Waals surface area (Å²) < 4.78 is 0. The molecule has 0 heterocycles. The van der Waals surface area contributed by atoms with Crippen LogP contribution in [0.5, 0.6) is 0 Å². The topological polar surface area (TPSA) is 69.6 Å². The van der Waals surface area contributed by atoms with Crippen molar-refractivity contribution in [3.05, 3.63) is 41.5 Å². The van der Waals surface area contributed by atoms with Crippen LogP contribution < -0.4 is 5.32 Å². The number of fused-ring (bicyclic) bond motifs is 7. The Morgan fingerprint density at radius 1 is 0.878 bits per heavy atom. The van der Waals surface area contributed by atoms with Gasteiger partial charge in [-0.1, -0.05) is 59.2 Å². The van der Waals surface area contributed by atoms with E-state index >= 15 is 0 Å². The van der Waals surface area contributed by atoms with Crippen molar-refractivity contribution < 1.29 is 15.0 Å². The lowest BCUT2D eigenvalue weighted by Crippen LogP contribution is -2.65. The molecule has 226 valence electrons. The lowest BCUT2D eigenvalue weighted by Gasteiger charge is -2.72. The molecule has 3 unspecified atom stereocenters. The van der Waals surface area contributed by atoms with Gasteiger partial charge < -0.3 is 15.5 Å². The molecule has 0 aromatic heterocycles. The van der Waals surface area contributed by atoms with Crippen LogP contribution in [0.1, 0.15) is 121 Å². The quantitative estimate of drug-likeness (QED) is 0.294. The summed E-state index contributed by atoms with van der Waals surface area (Å²) in [6, 6.07) is 7.62. The number of carboxylic acids is 1. The van der Waals surface area contributed by atoms with Crippen molar-refractivity contribution in [3.8, 4) is 0 Å². The van der Waals surface area contributed by atoms with Gasteiger partial charge in [0.15, 0.2) is 0 Å². The number of aliphatic hydroxyl groups is 1. The van der Waals surface area contributed by atoms with Gasteiger partial charge in [-0.15, -0.1) is 0 Å². The van der Waals surface area contributed by atoms with E-state index in [1.54, 1.807) is 12.1 Å². The zero-order chi connectivity index (χ0) is 29.3. The molecule has 4 saturated carbocycles. The van der Waals surface area contributed by atoms with Crippen LogP contribution in [-0.2, 0) is 0 Å². The lowest BCUT2D eigenvalue weighted by molar-refractivity contribution is -0.222. The average molecular weight is 562 g/mol. The molecule has 0 aliphatic heterocycles. The molecule has 6 rings (SSSR count). The zero-order valence-corrected chi connectivity index (χ0v) is 26.4. The van der Waals surface area contributed by atoms with E-state index in [0.29, 0.717) is 33.1 Å². The molecule has 0 spiro atoms. The standard InChI is InChI=1S/C37H55NO3/c1-33(2)27(25-9-11-26(12-10-25)32(40)41)15-18-34(3)30(33)16-19-36(5)31(34)14-13-28-29-8-6-17-37(29,21-20-35(28,36)4)24-38-22-7-23-39/h9-12,15,28-31,38-39H,6-8,13-14,16-24H2,1-5H3,(H,40,41)/t28-,29?,30?,31?,34+,35-,36-,37-/m1/s1. The van der Waals surface area contributed by atoms with Gasteiger partial charge in [0.2, 0.25) is 0 Å². The fourth-order valence-corrected chi connectivity index (χ4v) is 12.4. The molecule has 0 bridgehead atoms. The van der Waals surface area contributed by atoms with E-state index in [4.69, 9.17) is 0 Å². The Balaban J connectivity index is 1.28. The van der Waals surface area contributed by atoms with Gasteiger partial charge in [0.25, 0.3) is 0 Å². The summed E-state index contributed by atoms with van der Waals surface area (Å²) in [6.45, 7) is 15.4. The van der Waals surface area contributed by atoms with Crippen LogP contribution in [0.25, 0.3) is 5.57 Å². The van der Waals surface area contributed by atoms with Crippen LogP contribution in [-0.4, -0.2) is 35.9 Å². The van der Waals surface area contributed by atoms with Crippen molar-refractivity contribution >= 4 is 11.5 Å². The number of carbonyl (C=O) groups is 1. The monoisotopic (exact) mass is 561 g/mol. The molecule has 4 nitrogen and oxygen atoms in total. The summed E-state index contributed by atoms with van der Waals surface area (Å²) in [5.41, 5.74) is 4.61. The van der Waals surface area contributed by atoms with Gasteiger partial charge in [-0.25, -0.2) is 4.79 Å². The molecule has 4 fully saturated rings. The number of benzene rings is 1. The Labute approximate surface area is 248 Å². The highest BCUT2D eigenvalue weighted by molar-refractivity contribution is 5.88. The van der Waals surface area contributed by atoms with Crippen LogP contribution in [0, 0.1) is 50.7 Å². The van der Waals surface area contributed by atoms with E-state index in [-0.39, 0.29) is 12.0 Å². The minimum atomic E-state index is -0.854. The minimum absolute atomic E-state index is 0.0598. The summed E-state index contributed by atoms with van der Waals surface area (Å²) in [5.74, 6) is 2.23. The average Bonchev–Trinajstić information content (AvgIpc) is 3.35. The van der Waals surface area contributed by atoms with Gasteiger partial charge >= 0.3 is 5.97 Å². The summed E-state index contributed by atoms with van der Waals surface area (Å²) in [6.07, 6.45) is 16.9.